The molecule has 2 aromatic carbocycles. The smallest absolute Gasteiger partial charge is 0.307 e. The molecule has 7 nitrogen and oxygen atoms in total. The zero-order valence-corrected chi connectivity index (χ0v) is 17.1. The van der Waals surface area contributed by atoms with E-state index in [-0.39, 0.29) is 9.13 Å². The first-order chi connectivity index (χ1) is 13.0. The summed E-state index contributed by atoms with van der Waals surface area (Å²) in [5.74, 6) is 0.591. The van der Waals surface area contributed by atoms with Gasteiger partial charge in [-0.25, -0.2) is 0 Å². The minimum atomic E-state index is -0.786. The van der Waals surface area contributed by atoms with Gasteiger partial charge in [-0.1, -0.05) is 30.3 Å². The Kier molecular flexibility index (Phi) is 6.18. The minimum Gasteiger partial charge on any atom is -0.867 e. The van der Waals surface area contributed by atoms with E-state index in [1.165, 1.54) is 29.1 Å². The molecule has 2 aliphatic rings. The topological polar surface area (TPSA) is 105 Å². The van der Waals surface area contributed by atoms with Crippen LogP contribution in [0.4, 0.5) is 5.69 Å². The van der Waals surface area contributed by atoms with Crippen molar-refractivity contribution in [2.75, 3.05) is 18.8 Å². The molecule has 0 saturated heterocycles. The monoisotopic (exact) mass is 494 g/mol. The average Bonchev–Trinajstić information content (AvgIpc) is 3.27. The van der Waals surface area contributed by atoms with Crippen LogP contribution in [-0.4, -0.2) is 33.5 Å². The van der Waals surface area contributed by atoms with Gasteiger partial charge >= 0.3 is 5.17 Å². The summed E-state index contributed by atoms with van der Waals surface area (Å²) in [6, 6.07) is 15.2. The fourth-order valence-corrected chi connectivity index (χ4v) is 4.51. The number of nitrogens with zero attached hydrogens (tertiary/aromatic N) is 3. The summed E-state index contributed by atoms with van der Waals surface area (Å²) in [7, 11) is 0. The lowest BCUT2D eigenvalue weighted by atomic mass is 10.1. The molecular weight excluding hydrogens is 479 g/mol. The van der Waals surface area contributed by atoms with Crippen molar-refractivity contribution >= 4 is 45.2 Å². The van der Waals surface area contributed by atoms with Gasteiger partial charge in [-0.3, -0.25) is 20.0 Å². The van der Waals surface area contributed by atoms with Gasteiger partial charge in [0.1, 0.15) is 6.54 Å². The van der Waals surface area contributed by atoms with Crippen molar-refractivity contribution in [3.63, 3.8) is 0 Å². The van der Waals surface area contributed by atoms with E-state index in [4.69, 9.17) is 5.26 Å². The van der Waals surface area contributed by atoms with Crippen LogP contribution in [0.25, 0.3) is 0 Å². The highest BCUT2D eigenvalue weighted by atomic mass is 127. The van der Waals surface area contributed by atoms with E-state index in [2.05, 4.69) is 40.2 Å². The predicted molar refractivity (Wildman–Crippen MR) is 110 cm³/mol. The van der Waals surface area contributed by atoms with Crippen molar-refractivity contribution in [1.29, 1.82) is 5.26 Å². The quantitative estimate of drug-likeness (QED) is 0.298. The maximum Gasteiger partial charge on any atom is 0.307 e. The van der Waals surface area contributed by atoms with Gasteiger partial charge in [0.25, 0.3) is 5.69 Å². The van der Waals surface area contributed by atoms with Crippen LogP contribution in [0, 0.1) is 25.0 Å². The molecule has 2 heterocycles. The largest absolute Gasteiger partial charge is 0.867 e. The number of nitrogens with one attached hydrogen (secondary N) is 1. The minimum absolute atomic E-state index is 0.121. The summed E-state index contributed by atoms with van der Waals surface area (Å²) >= 11 is 3.61. The second-order valence-electron chi connectivity index (χ2n) is 5.88. The van der Waals surface area contributed by atoms with E-state index >= 15 is 0 Å². The fraction of sp³-hybridized carbons (Fsp3) is 0.222. The summed E-state index contributed by atoms with van der Waals surface area (Å²) in [6.07, 6.45) is 0. The van der Waals surface area contributed by atoms with Gasteiger partial charge in [0.2, 0.25) is 0 Å². The van der Waals surface area contributed by atoms with Gasteiger partial charge in [0.05, 0.1) is 23.1 Å². The first-order valence-electron chi connectivity index (χ1n) is 8.11. The Balaban J connectivity index is 0.000000157. The number of nitro groups is 1. The molecule has 0 amide bonds. The van der Waals surface area contributed by atoms with Crippen molar-refractivity contribution in [3.05, 3.63) is 67.3 Å². The Morgan fingerprint density at radius 3 is 2.70 bits per heavy atom. The zero-order chi connectivity index (χ0) is 19.4. The molecule has 0 aliphatic carbocycles. The van der Waals surface area contributed by atoms with Gasteiger partial charge in [0.15, 0.2) is 6.04 Å². The number of halogens is 1. The molecule has 4 rings (SSSR count). The third-order valence-electron chi connectivity index (χ3n) is 4.14. The summed E-state index contributed by atoms with van der Waals surface area (Å²) in [6.45, 7) is 2.34. The maximum atomic E-state index is 11.1. The second kappa shape index (κ2) is 8.58. The van der Waals surface area contributed by atoms with Gasteiger partial charge in [0, 0.05) is 21.0 Å². The normalized spacial score (nSPS) is 17.4. The SMILES string of the molecule is N#Cc1cc(I)c([O-])c([N+](=O)[O-])c1.c1ccc(C2C[N+]3=C(N2)SCC3)cc1. The maximum absolute atomic E-state index is 11.1. The van der Waals surface area contributed by atoms with Crippen molar-refractivity contribution < 1.29 is 14.6 Å². The van der Waals surface area contributed by atoms with Crippen molar-refractivity contribution in [2.45, 2.75) is 6.04 Å². The molecule has 0 saturated carbocycles. The molecule has 0 bridgehead atoms. The molecule has 1 N–H and O–H groups in total. The van der Waals surface area contributed by atoms with E-state index in [0.29, 0.717) is 6.04 Å². The van der Waals surface area contributed by atoms with Gasteiger partial charge < -0.3 is 5.11 Å². The third-order valence-corrected chi connectivity index (χ3v) is 5.98. The molecule has 1 unspecified atom stereocenters. The Morgan fingerprint density at radius 2 is 2.07 bits per heavy atom. The number of hydrogen-bond donors (Lipinski definition) is 1. The Bertz CT molecular complexity index is 928. The van der Waals surface area contributed by atoms with Crippen LogP contribution in [0.3, 0.4) is 0 Å². The lowest BCUT2D eigenvalue weighted by Crippen LogP contribution is -2.21. The van der Waals surface area contributed by atoms with Crippen LogP contribution in [0.1, 0.15) is 17.2 Å². The Labute approximate surface area is 174 Å². The molecule has 2 aromatic rings. The number of thioether (sulfide) groups is 1. The number of benzene rings is 2. The Morgan fingerprint density at radius 1 is 1.33 bits per heavy atom. The molecular formula is C18H15IN4O3S. The zero-order valence-electron chi connectivity index (χ0n) is 14.1. The van der Waals surface area contributed by atoms with E-state index in [1.807, 2.05) is 11.8 Å². The van der Waals surface area contributed by atoms with Gasteiger partial charge in [-0.2, -0.15) is 5.26 Å². The highest BCUT2D eigenvalue weighted by molar-refractivity contribution is 14.1. The highest BCUT2D eigenvalue weighted by Gasteiger charge is 2.35. The van der Waals surface area contributed by atoms with Crippen LogP contribution in [0.2, 0.25) is 0 Å². The van der Waals surface area contributed by atoms with Crippen LogP contribution in [0.5, 0.6) is 5.75 Å². The standard InChI is InChI=1S/C11H12N2S.C7H3IN2O3/c1-2-4-9(5-3-1)10-8-13-6-7-14-11(13)12-10;8-5-1-4(3-9)2-6(7(5)11)10(12)13/h1-5,10H,6-8H2;1-2,11H. The first kappa shape index (κ1) is 19.4. The third kappa shape index (κ3) is 4.51. The number of nitro benzene ring substituents is 1. The Hall–Kier alpha value is -2.32. The molecule has 2 aliphatic heterocycles. The molecule has 0 aromatic heterocycles. The van der Waals surface area contributed by atoms with Crippen molar-refractivity contribution in [2.24, 2.45) is 0 Å². The van der Waals surface area contributed by atoms with E-state index in [1.54, 1.807) is 28.7 Å². The van der Waals surface area contributed by atoms with Crippen LogP contribution in [0.15, 0.2) is 42.5 Å². The van der Waals surface area contributed by atoms with Crippen LogP contribution >= 0.6 is 34.4 Å². The average molecular weight is 494 g/mol. The summed E-state index contributed by atoms with van der Waals surface area (Å²) in [5.41, 5.74) is 0.967. The predicted octanol–water partition coefficient (Wildman–Crippen LogP) is 2.59. The fourth-order valence-electron chi connectivity index (χ4n) is 2.82. The van der Waals surface area contributed by atoms with Crippen LogP contribution < -0.4 is 10.4 Å². The number of amidine groups is 1. The van der Waals surface area contributed by atoms with Crippen molar-refractivity contribution in [1.82, 2.24) is 5.32 Å². The highest BCUT2D eigenvalue weighted by Crippen LogP contribution is 2.29. The van der Waals surface area contributed by atoms with E-state index in [9.17, 15) is 15.2 Å². The first-order valence-corrected chi connectivity index (χ1v) is 10.2. The molecule has 0 spiro atoms. The molecule has 9 heteroatoms. The van der Waals surface area contributed by atoms with Crippen LogP contribution in [-0.2, 0) is 0 Å². The molecule has 1 atom stereocenters. The number of hydrogen-bond acceptors (Lipinski definition) is 6. The molecule has 0 fully saturated rings. The molecule has 27 heavy (non-hydrogen) atoms. The number of rotatable bonds is 2. The molecule has 138 valence electrons. The van der Waals surface area contributed by atoms with E-state index in [0.717, 1.165) is 12.6 Å². The second-order valence-corrected chi connectivity index (χ2v) is 8.13. The van der Waals surface area contributed by atoms with Gasteiger partial charge in [-0.15, -0.1) is 0 Å². The lowest BCUT2D eigenvalue weighted by molar-refractivity contribution is -0.511. The molecule has 0 radical (unpaired) electrons. The number of nitriles is 1. The van der Waals surface area contributed by atoms with Gasteiger partial charge in [-0.05, 0) is 46.2 Å². The van der Waals surface area contributed by atoms with Crippen molar-refractivity contribution in [3.8, 4) is 11.8 Å². The summed E-state index contributed by atoms with van der Waals surface area (Å²) in [4.78, 5) is 9.55. The summed E-state index contributed by atoms with van der Waals surface area (Å²) in [5, 5.41) is 34.9. The van der Waals surface area contributed by atoms with E-state index < -0.39 is 16.4 Å². The summed E-state index contributed by atoms with van der Waals surface area (Å²) < 4.78 is 2.63. The lowest BCUT2D eigenvalue weighted by Gasteiger charge is -2.08.